The zero-order valence-corrected chi connectivity index (χ0v) is 21.6. The van der Waals surface area contributed by atoms with Gasteiger partial charge in [0.1, 0.15) is 12.1 Å². The number of nitrogens with zero attached hydrogens (tertiary/aromatic N) is 5. The Morgan fingerprint density at radius 2 is 2.00 bits per heavy atom. The third-order valence-electron chi connectivity index (χ3n) is 5.34. The molecular formula is C24H24ClN5O5S. The molecule has 0 bridgehead atoms. The lowest BCUT2D eigenvalue weighted by molar-refractivity contribution is 0.0751. The second-order valence-electron chi connectivity index (χ2n) is 9.19. The second kappa shape index (κ2) is 9.75. The summed E-state index contributed by atoms with van der Waals surface area (Å²) in [6.45, 7) is 5.45. The predicted octanol–water partition coefficient (Wildman–Crippen LogP) is 4.33. The number of Topliss-reactive ketones (excluding diaryl/α,β-unsaturated/α-hetero) is 1. The number of carbonyl (C=O) groups excluding carboxylic acids is 2. The maximum Gasteiger partial charge on any atom is 0.293 e. The molecule has 4 aromatic heterocycles. The Labute approximate surface area is 215 Å². The van der Waals surface area contributed by atoms with Crippen molar-refractivity contribution in [2.75, 3.05) is 11.9 Å². The maximum atomic E-state index is 13.2. The lowest BCUT2D eigenvalue weighted by Gasteiger charge is -2.22. The van der Waals surface area contributed by atoms with Crippen LogP contribution in [-0.2, 0) is 13.1 Å². The van der Waals surface area contributed by atoms with Gasteiger partial charge in [0, 0.05) is 29.6 Å². The molecule has 4 aromatic rings. The van der Waals surface area contributed by atoms with E-state index in [9.17, 15) is 19.5 Å². The van der Waals surface area contributed by atoms with Gasteiger partial charge in [-0.2, -0.15) is 9.78 Å². The molecule has 0 aromatic carbocycles. The molecule has 0 aliphatic carbocycles. The quantitative estimate of drug-likeness (QED) is 0.351. The lowest BCUT2D eigenvalue weighted by atomic mass is 9.96. The molecule has 0 atom stereocenters. The molecule has 4 heterocycles. The normalized spacial score (nSPS) is 11.6. The minimum atomic E-state index is -0.785. The molecule has 1 N–H and O–H groups in total. The van der Waals surface area contributed by atoms with E-state index in [0.717, 1.165) is 9.44 Å². The van der Waals surface area contributed by atoms with Crippen LogP contribution in [0.2, 0.25) is 4.34 Å². The zero-order valence-electron chi connectivity index (χ0n) is 20.1. The maximum absolute atomic E-state index is 13.2. The number of rotatable bonds is 7. The van der Waals surface area contributed by atoms with Crippen LogP contribution in [-0.4, -0.2) is 43.2 Å². The van der Waals surface area contributed by atoms with Crippen LogP contribution in [0.25, 0.3) is 11.3 Å². The predicted molar refractivity (Wildman–Crippen MR) is 136 cm³/mol. The van der Waals surface area contributed by atoms with E-state index < -0.39 is 22.5 Å². The van der Waals surface area contributed by atoms with E-state index in [4.69, 9.17) is 16.0 Å². The van der Waals surface area contributed by atoms with Crippen LogP contribution in [0.5, 0.6) is 5.75 Å². The van der Waals surface area contributed by atoms with Gasteiger partial charge >= 0.3 is 0 Å². The molecule has 0 aliphatic rings. The zero-order chi connectivity index (χ0) is 26.2. The van der Waals surface area contributed by atoms with Gasteiger partial charge in [-0.15, -0.1) is 11.3 Å². The van der Waals surface area contributed by atoms with E-state index in [2.05, 4.69) is 10.1 Å². The van der Waals surface area contributed by atoms with Crippen molar-refractivity contribution in [1.82, 2.24) is 19.3 Å². The second-order valence-corrected chi connectivity index (χ2v) is 11.0. The van der Waals surface area contributed by atoms with Crippen molar-refractivity contribution in [1.29, 1.82) is 0 Å². The highest BCUT2D eigenvalue weighted by Gasteiger charge is 2.29. The third-order valence-corrected chi connectivity index (χ3v) is 6.55. The van der Waals surface area contributed by atoms with Crippen LogP contribution >= 0.6 is 22.9 Å². The van der Waals surface area contributed by atoms with Crippen LogP contribution in [0.3, 0.4) is 0 Å². The molecule has 4 rings (SSSR count). The Morgan fingerprint density at radius 3 is 2.61 bits per heavy atom. The van der Waals surface area contributed by atoms with Crippen LogP contribution in [0.1, 0.15) is 41.1 Å². The van der Waals surface area contributed by atoms with E-state index in [1.807, 2.05) is 18.0 Å². The Kier molecular flexibility index (Phi) is 6.87. The van der Waals surface area contributed by atoms with Gasteiger partial charge in [0.15, 0.2) is 5.75 Å². The average Bonchev–Trinajstić information content (AvgIpc) is 3.57. The molecule has 36 heavy (non-hydrogen) atoms. The van der Waals surface area contributed by atoms with Gasteiger partial charge in [-0.1, -0.05) is 32.4 Å². The minimum absolute atomic E-state index is 0.133. The number of thiophene rings is 1. The SMILES string of the molecule is CN(Cc1ccc(Cl)s1)c1cc(-c2ccn(CC(=O)c3ncco3)c(=O)c2O)nn1C(=O)C(C)(C)C. The van der Waals surface area contributed by atoms with E-state index in [-0.39, 0.29) is 29.6 Å². The van der Waals surface area contributed by atoms with Crippen LogP contribution in [0.15, 0.2) is 52.1 Å². The molecule has 0 saturated carbocycles. The highest BCUT2D eigenvalue weighted by Crippen LogP contribution is 2.32. The first-order valence-electron chi connectivity index (χ1n) is 10.9. The molecule has 12 heteroatoms. The summed E-state index contributed by atoms with van der Waals surface area (Å²) in [5.74, 6) is -1.03. The van der Waals surface area contributed by atoms with Gasteiger partial charge in [0.25, 0.3) is 17.4 Å². The monoisotopic (exact) mass is 529 g/mol. The third kappa shape index (κ3) is 5.12. The van der Waals surface area contributed by atoms with Gasteiger partial charge in [0.2, 0.25) is 5.78 Å². The number of pyridine rings is 1. The number of ketones is 1. The summed E-state index contributed by atoms with van der Waals surface area (Å²) in [6, 6.07) is 6.81. The first kappa shape index (κ1) is 25.4. The molecule has 0 spiro atoms. The fraction of sp³-hybridized carbons (Fsp3) is 0.292. The number of halogens is 1. The first-order valence-corrected chi connectivity index (χ1v) is 12.1. The molecule has 0 radical (unpaired) electrons. The standard InChI is InChI=1S/C24H24ClN5O5S/c1-24(2,3)23(34)30-19(28(4)12-14-5-6-18(25)36-14)11-16(27-30)15-7-9-29(22(33)20(15)32)13-17(31)21-26-8-10-35-21/h5-11,32H,12-13H2,1-4H3. The Balaban J connectivity index is 1.71. The molecule has 10 nitrogen and oxygen atoms in total. The highest BCUT2D eigenvalue weighted by atomic mass is 35.5. The summed E-state index contributed by atoms with van der Waals surface area (Å²) in [7, 11) is 1.81. The van der Waals surface area contributed by atoms with Crippen molar-refractivity contribution in [3.63, 3.8) is 0 Å². The number of anilines is 1. The van der Waals surface area contributed by atoms with Crippen LogP contribution < -0.4 is 10.5 Å². The van der Waals surface area contributed by atoms with Gasteiger partial charge in [-0.3, -0.25) is 14.4 Å². The van der Waals surface area contributed by atoms with Gasteiger partial charge < -0.3 is 19.0 Å². The summed E-state index contributed by atoms with van der Waals surface area (Å²) in [4.78, 5) is 44.9. The molecule has 0 saturated heterocycles. The molecule has 0 aliphatic heterocycles. The fourth-order valence-electron chi connectivity index (χ4n) is 3.47. The topological polar surface area (TPSA) is 123 Å². The molecule has 0 amide bonds. The van der Waals surface area contributed by atoms with Crippen molar-refractivity contribution in [2.24, 2.45) is 5.41 Å². The number of aromatic hydroxyl groups is 1. The fourth-order valence-corrected chi connectivity index (χ4v) is 4.61. The largest absolute Gasteiger partial charge is 0.503 e. The number of aromatic nitrogens is 4. The van der Waals surface area contributed by atoms with Gasteiger partial charge in [-0.05, 0) is 18.2 Å². The van der Waals surface area contributed by atoms with Crippen molar-refractivity contribution in [3.8, 4) is 17.0 Å². The number of oxazole rings is 1. The highest BCUT2D eigenvalue weighted by molar-refractivity contribution is 7.16. The molecule has 0 unspecified atom stereocenters. The summed E-state index contributed by atoms with van der Waals surface area (Å²) >= 11 is 7.49. The van der Waals surface area contributed by atoms with E-state index in [1.165, 1.54) is 40.7 Å². The van der Waals surface area contributed by atoms with Gasteiger partial charge in [-0.25, -0.2) is 4.98 Å². The molecule has 188 valence electrons. The lowest BCUT2D eigenvalue weighted by Crippen LogP contribution is -2.31. The van der Waals surface area contributed by atoms with Crippen molar-refractivity contribution in [2.45, 2.75) is 33.9 Å². The smallest absolute Gasteiger partial charge is 0.293 e. The summed E-state index contributed by atoms with van der Waals surface area (Å²) in [5, 5.41) is 15.2. The number of carbonyl (C=O) groups is 2. The van der Waals surface area contributed by atoms with Crippen LogP contribution in [0, 0.1) is 5.41 Å². The molecular weight excluding hydrogens is 506 g/mol. The van der Waals surface area contributed by atoms with E-state index in [1.54, 1.807) is 32.9 Å². The van der Waals surface area contributed by atoms with Crippen molar-refractivity contribution in [3.05, 3.63) is 68.4 Å². The first-order chi connectivity index (χ1) is 17.0. The summed E-state index contributed by atoms with van der Waals surface area (Å²) < 4.78 is 7.96. The summed E-state index contributed by atoms with van der Waals surface area (Å²) in [6.07, 6.45) is 3.96. The number of hydrogen-bond donors (Lipinski definition) is 1. The Morgan fingerprint density at radius 1 is 1.25 bits per heavy atom. The molecule has 0 fully saturated rings. The van der Waals surface area contributed by atoms with E-state index in [0.29, 0.717) is 16.7 Å². The number of hydrogen-bond acceptors (Lipinski definition) is 9. The van der Waals surface area contributed by atoms with E-state index >= 15 is 0 Å². The Bertz CT molecular complexity index is 1480. The minimum Gasteiger partial charge on any atom is -0.503 e. The average molecular weight is 530 g/mol. The van der Waals surface area contributed by atoms with Crippen LogP contribution in [0.4, 0.5) is 5.82 Å². The summed E-state index contributed by atoms with van der Waals surface area (Å²) in [5.41, 5.74) is -1.16. The van der Waals surface area contributed by atoms with Crippen molar-refractivity contribution >= 4 is 40.4 Å². The van der Waals surface area contributed by atoms with Gasteiger partial charge in [0.05, 0.1) is 34.9 Å². The van der Waals surface area contributed by atoms with Crippen molar-refractivity contribution < 1.29 is 19.1 Å². The Hall–Kier alpha value is -3.70.